The van der Waals surface area contributed by atoms with Gasteiger partial charge in [0.2, 0.25) is 0 Å². The van der Waals surface area contributed by atoms with Crippen LogP contribution in [0.25, 0.3) is 0 Å². The lowest BCUT2D eigenvalue weighted by atomic mass is 9.71. The number of aromatic amines is 1. The third-order valence-electron chi connectivity index (χ3n) is 3.98. The van der Waals surface area contributed by atoms with Crippen LogP contribution in [0.2, 0.25) is 0 Å². The quantitative estimate of drug-likeness (QED) is 0.848. The van der Waals surface area contributed by atoms with E-state index >= 15 is 0 Å². The third kappa shape index (κ3) is 3.53. The monoisotopic (exact) mass is 236 g/mol. The van der Waals surface area contributed by atoms with Crippen LogP contribution in [-0.4, -0.2) is 21.2 Å². The molecule has 2 rings (SSSR count). The maximum Gasteiger partial charge on any atom is 0.138 e. The highest BCUT2D eigenvalue weighted by atomic mass is 15.2. The first kappa shape index (κ1) is 12.6. The van der Waals surface area contributed by atoms with E-state index in [1.165, 1.54) is 25.7 Å². The van der Waals surface area contributed by atoms with Crippen LogP contribution < -0.4 is 5.32 Å². The molecule has 0 atom stereocenters. The number of nitrogens with zero attached hydrogens (tertiary/aromatic N) is 2. The number of aromatic nitrogens is 3. The molecule has 2 N–H and O–H groups in total. The molecule has 1 saturated carbocycles. The lowest BCUT2D eigenvalue weighted by Crippen LogP contribution is -2.36. The lowest BCUT2D eigenvalue weighted by molar-refractivity contribution is 0.159. The van der Waals surface area contributed by atoms with Crippen molar-refractivity contribution in [2.24, 2.45) is 11.3 Å². The minimum absolute atomic E-state index is 0.468. The van der Waals surface area contributed by atoms with Crippen LogP contribution in [0.3, 0.4) is 0 Å². The Morgan fingerprint density at radius 1 is 1.29 bits per heavy atom. The van der Waals surface area contributed by atoms with Crippen LogP contribution in [0.15, 0.2) is 6.33 Å². The van der Waals surface area contributed by atoms with Crippen LogP contribution in [-0.2, 0) is 6.54 Å². The molecule has 1 heterocycles. The Morgan fingerprint density at radius 2 is 2.00 bits per heavy atom. The van der Waals surface area contributed by atoms with Gasteiger partial charge in [0.05, 0.1) is 6.54 Å². The van der Waals surface area contributed by atoms with E-state index in [4.69, 9.17) is 0 Å². The molecule has 0 unspecified atom stereocenters. The van der Waals surface area contributed by atoms with Crippen LogP contribution in [0.5, 0.6) is 0 Å². The summed E-state index contributed by atoms with van der Waals surface area (Å²) in [6, 6.07) is 0.652. The van der Waals surface area contributed by atoms with Gasteiger partial charge in [0.25, 0.3) is 0 Å². The van der Waals surface area contributed by atoms with Crippen LogP contribution in [0.1, 0.15) is 52.3 Å². The minimum atomic E-state index is 0.468. The van der Waals surface area contributed by atoms with E-state index in [-0.39, 0.29) is 0 Å². The summed E-state index contributed by atoms with van der Waals surface area (Å²) in [6.07, 6.45) is 6.83. The Hall–Kier alpha value is -0.900. The summed E-state index contributed by atoms with van der Waals surface area (Å²) in [6.45, 7) is 7.89. The molecule has 17 heavy (non-hydrogen) atoms. The Labute approximate surface area is 104 Å². The fourth-order valence-electron chi connectivity index (χ4n) is 2.72. The summed E-state index contributed by atoms with van der Waals surface area (Å²) in [5.74, 6) is 1.81. The normalized spacial score (nSPS) is 26.1. The summed E-state index contributed by atoms with van der Waals surface area (Å²) in [7, 11) is 0. The maximum absolute atomic E-state index is 4.13. The predicted molar refractivity (Wildman–Crippen MR) is 68.4 cm³/mol. The molecule has 4 heteroatoms. The SMILES string of the molecule is CC(C)(C)C1CCC(NCc2ncn[nH]2)CC1. The molecule has 0 aromatic carbocycles. The fraction of sp³-hybridized carbons (Fsp3) is 0.846. The molecule has 0 aliphatic heterocycles. The Kier molecular flexibility index (Phi) is 3.82. The van der Waals surface area contributed by atoms with Gasteiger partial charge in [0.1, 0.15) is 12.2 Å². The van der Waals surface area contributed by atoms with Gasteiger partial charge in [0.15, 0.2) is 0 Å². The number of rotatable bonds is 3. The van der Waals surface area contributed by atoms with E-state index in [1.807, 2.05) is 0 Å². The van der Waals surface area contributed by atoms with Crippen molar-refractivity contribution in [2.75, 3.05) is 0 Å². The van der Waals surface area contributed by atoms with E-state index in [1.54, 1.807) is 6.33 Å². The Bertz CT molecular complexity index is 318. The molecule has 0 bridgehead atoms. The molecule has 0 radical (unpaired) electrons. The van der Waals surface area contributed by atoms with Crippen molar-refractivity contribution in [3.05, 3.63) is 12.2 Å². The van der Waals surface area contributed by atoms with Crippen LogP contribution in [0, 0.1) is 11.3 Å². The second-order valence-electron chi connectivity index (χ2n) is 6.23. The molecule has 0 amide bonds. The van der Waals surface area contributed by atoms with Gasteiger partial charge in [-0.2, -0.15) is 5.10 Å². The van der Waals surface area contributed by atoms with E-state index in [9.17, 15) is 0 Å². The van der Waals surface area contributed by atoms with Crippen molar-refractivity contribution in [3.63, 3.8) is 0 Å². The molecular weight excluding hydrogens is 212 g/mol. The van der Waals surface area contributed by atoms with Crippen molar-refractivity contribution in [1.82, 2.24) is 20.5 Å². The Morgan fingerprint density at radius 3 is 2.53 bits per heavy atom. The van der Waals surface area contributed by atoms with Gasteiger partial charge in [-0.25, -0.2) is 4.98 Å². The zero-order valence-electron chi connectivity index (χ0n) is 11.2. The van der Waals surface area contributed by atoms with Gasteiger partial charge in [-0.15, -0.1) is 0 Å². The largest absolute Gasteiger partial charge is 0.307 e. The molecule has 96 valence electrons. The van der Waals surface area contributed by atoms with Crippen molar-refractivity contribution in [3.8, 4) is 0 Å². The average Bonchev–Trinajstić information content (AvgIpc) is 2.78. The van der Waals surface area contributed by atoms with E-state index in [0.29, 0.717) is 11.5 Å². The highest BCUT2D eigenvalue weighted by Crippen LogP contribution is 2.37. The van der Waals surface area contributed by atoms with Crippen molar-refractivity contribution in [2.45, 2.75) is 59.0 Å². The van der Waals surface area contributed by atoms with Crippen LogP contribution in [0.4, 0.5) is 0 Å². The smallest absolute Gasteiger partial charge is 0.138 e. The number of hydrogen-bond donors (Lipinski definition) is 2. The third-order valence-corrected chi connectivity index (χ3v) is 3.98. The summed E-state index contributed by atoms with van der Waals surface area (Å²) >= 11 is 0. The molecule has 1 aliphatic rings. The molecule has 1 fully saturated rings. The zero-order valence-corrected chi connectivity index (χ0v) is 11.2. The average molecular weight is 236 g/mol. The van der Waals surface area contributed by atoms with Crippen LogP contribution >= 0.6 is 0 Å². The lowest BCUT2D eigenvalue weighted by Gasteiger charge is -2.37. The second kappa shape index (κ2) is 5.17. The topological polar surface area (TPSA) is 53.6 Å². The standard InChI is InChI=1S/C13H24N4/c1-13(2,3)10-4-6-11(7-5-10)14-8-12-15-9-16-17-12/h9-11,14H,4-8H2,1-3H3,(H,15,16,17). The van der Waals surface area contributed by atoms with Crippen molar-refractivity contribution >= 4 is 0 Å². The zero-order chi connectivity index (χ0) is 12.3. The van der Waals surface area contributed by atoms with E-state index in [2.05, 4.69) is 41.3 Å². The fourth-order valence-corrected chi connectivity index (χ4v) is 2.72. The van der Waals surface area contributed by atoms with Crippen molar-refractivity contribution < 1.29 is 0 Å². The number of hydrogen-bond acceptors (Lipinski definition) is 3. The van der Waals surface area contributed by atoms with E-state index in [0.717, 1.165) is 18.3 Å². The predicted octanol–water partition coefficient (Wildman–Crippen LogP) is 2.50. The summed E-state index contributed by atoms with van der Waals surface area (Å²) in [5.41, 5.74) is 0.468. The molecule has 1 aromatic rings. The van der Waals surface area contributed by atoms with Gasteiger partial charge in [-0.1, -0.05) is 20.8 Å². The van der Waals surface area contributed by atoms with Gasteiger partial charge in [-0.05, 0) is 37.0 Å². The summed E-state index contributed by atoms with van der Waals surface area (Å²) in [5, 5.41) is 10.3. The highest BCUT2D eigenvalue weighted by molar-refractivity contribution is 4.85. The number of H-pyrrole nitrogens is 1. The Balaban J connectivity index is 1.72. The molecule has 1 aromatic heterocycles. The molecule has 1 aliphatic carbocycles. The molecular formula is C13H24N4. The number of nitrogens with one attached hydrogen (secondary N) is 2. The van der Waals surface area contributed by atoms with Crippen molar-refractivity contribution in [1.29, 1.82) is 0 Å². The van der Waals surface area contributed by atoms with Gasteiger partial charge >= 0.3 is 0 Å². The summed E-state index contributed by atoms with van der Waals surface area (Å²) < 4.78 is 0. The van der Waals surface area contributed by atoms with Gasteiger partial charge < -0.3 is 5.32 Å². The second-order valence-corrected chi connectivity index (χ2v) is 6.23. The minimum Gasteiger partial charge on any atom is -0.307 e. The maximum atomic E-state index is 4.13. The van der Waals surface area contributed by atoms with Gasteiger partial charge in [-0.3, -0.25) is 5.10 Å². The highest BCUT2D eigenvalue weighted by Gasteiger charge is 2.29. The molecule has 4 nitrogen and oxygen atoms in total. The molecule has 0 spiro atoms. The molecule has 0 saturated heterocycles. The summed E-state index contributed by atoms with van der Waals surface area (Å²) in [4.78, 5) is 4.13. The van der Waals surface area contributed by atoms with Gasteiger partial charge in [0, 0.05) is 6.04 Å². The first-order valence-electron chi connectivity index (χ1n) is 6.63. The first-order valence-corrected chi connectivity index (χ1v) is 6.63. The first-order chi connectivity index (χ1) is 8.05. The van der Waals surface area contributed by atoms with E-state index < -0.39 is 0 Å².